The predicted octanol–water partition coefficient (Wildman–Crippen LogP) is 2.61. The summed E-state index contributed by atoms with van der Waals surface area (Å²) in [5, 5.41) is 3.54. The molecule has 0 aliphatic carbocycles. The minimum atomic E-state index is -0.270. The molecule has 0 heterocycles. The molecule has 1 aromatic rings. The van der Waals surface area contributed by atoms with Crippen molar-refractivity contribution in [3.05, 3.63) is 34.6 Å². The number of benzene rings is 1. The third-order valence-electron chi connectivity index (χ3n) is 1.98. The minimum Gasteiger partial charge on any atom is -0.377 e. The molecule has 0 amide bonds. The first-order valence-corrected chi connectivity index (χ1v) is 5.28. The Morgan fingerprint density at radius 3 is 3.00 bits per heavy atom. The average molecular weight is 232 g/mol. The molecule has 15 heavy (non-hydrogen) atoms. The SMILES string of the molecule is CNCCCOCc1cc(Cl)ccc1F. The van der Waals surface area contributed by atoms with E-state index in [1.165, 1.54) is 12.1 Å². The van der Waals surface area contributed by atoms with Crippen molar-refractivity contribution < 1.29 is 9.13 Å². The fraction of sp³-hybridized carbons (Fsp3) is 0.455. The molecule has 0 unspecified atom stereocenters. The van der Waals surface area contributed by atoms with Gasteiger partial charge < -0.3 is 10.1 Å². The number of hydrogen-bond acceptors (Lipinski definition) is 2. The van der Waals surface area contributed by atoms with Gasteiger partial charge in [0.1, 0.15) is 5.82 Å². The van der Waals surface area contributed by atoms with E-state index in [0.717, 1.165) is 13.0 Å². The van der Waals surface area contributed by atoms with E-state index >= 15 is 0 Å². The van der Waals surface area contributed by atoms with Crippen molar-refractivity contribution in [2.75, 3.05) is 20.2 Å². The summed E-state index contributed by atoms with van der Waals surface area (Å²) < 4.78 is 18.5. The monoisotopic (exact) mass is 231 g/mol. The Kier molecular flexibility index (Phi) is 5.61. The summed E-state index contributed by atoms with van der Waals surface area (Å²) in [6.07, 6.45) is 0.915. The highest BCUT2D eigenvalue weighted by Crippen LogP contribution is 2.15. The molecule has 1 aromatic carbocycles. The van der Waals surface area contributed by atoms with E-state index in [1.807, 2.05) is 7.05 Å². The van der Waals surface area contributed by atoms with Crippen LogP contribution in [0.25, 0.3) is 0 Å². The molecule has 0 aliphatic heterocycles. The van der Waals surface area contributed by atoms with Gasteiger partial charge in [-0.2, -0.15) is 0 Å². The molecule has 0 atom stereocenters. The van der Waals surface area contributed by atoms with E-state index in [9.17, 15) is 4.39 Å². The smallest absolute Gasteiger partial charge is 0.128 e. The van der Waals surface area contributed by atoms with E-state index in [2.05, 4.69) is 5.32 Å². The number of nitrogens with one attached hydrogen (secondary N) is 1. The number of rotatable bonds is 6. The van der Waals surface area contributed by atoms with Crippen LogP contribution in [0.5, 0.6) is 0 Å². The van der Waals surface area contributed by atoms with Crippen LogP contribution in [0.2, 0.25) is 5.02 Å². The Morgan fingerprint density at radius 1 is 1.47 bits per heavy atom. The summed E-state index contributed by atoms with van der Waals surface area (Å²) in [5.41, 5.74) is 0.506. The lowest BCUT2D eigenvalue weighted by molar-refractivity contribution is 0.116. The van der Waals surface area contributed by atoms with Crippen LogP contribution in [0.1, 0.15) is 12.0 Å². The Labute approximate surface area is 94.4 Å². The van der Waals surface area contributed by atoms with Gasteiger partial charge >= 0.3 is 0 Å². The highest BCUT2D eigenvalue weighted by Gasteiger charge is 2.02. The fourth-order valence-electron chi connectivity index (χ4n) is 1.19. The maximum absolute atomic E-state index is 13.2. The zero-order valence-corrected chi connectivity index (χ0v) is 9.48. The topological polar surface area (TPSA) is 21.3 Å². The maximum atomic E-state index is 13.2. The Morgan fingerprint density at radius 2 is 2.27 bits per heavy atom. The molecular weight excluding hydrogens is 217 g/mol. The highest BCUT2D eigenvalue weighted by molar-refractivity contribution is 6.30. The van der Waals surface area contributed by atoms with Gasteiger partial charge in [-0.25, -0.2) is 4.39 Å². The van der Waals surface area contributed by atoms with Crippen LogP contribution < -0.4 is 5.32 Å². The predicted molar refractivity (Wildman–Crippen MR) is 59.6 cm³/mol. The van der Waals surface area contributed by atoms with Crippen molar-refractivity contribution in [1.82, 2.24) is 5.32 Å². The summed E-state index contributed by atoms with van der Waals surface area (Å²) in [6, 6.07) is 4.48. The van der Waals surface area contributed by atoms with E-state index in [-0.39, 0.29) is 12.4 Å². The zero-order chi connectivity index (χ0) is 11.1. The van der Waals surface area contributed by atoms with Crippen LogP contribution in [-0.4, -0.2) is 20.2 Å². The minimum absolute atomic E-state index is 0.270. The van der Waals surface area contributed by atoms with Gasteiger partial charge in [-0.05, 0) is 38.2 Å². The van der Waals surface area contributed by atoms with E-state index in [0.29, 0.717) is 17.2 Å². The van der Waals surface area contributed by atoms with E-state index < -0.39 is 0 Å². The normalized spacial score (nSPS) is 10.6. The molecule has 1 rings (SSSR count). The molecule has 0 aromatic heterocycles. The van der Waals surface area contributed by atoms with Gasteiger partial charge in [-0.3, -0.25) is 0 Å². The highest BCUT2D eigenvalue weighted by atomic mass is 35.5. The van der Waals surface area contributed by atoms with Crippen molar-refractivity contribution in [3.8, 4) is 0 Å². The molecule has 0 saturated carbocycles. The quantitative estimate of drug-likeness (QED) is 0.760. The van der Waals surface area contributed by atoms with Crippen molar-refractivity contribution in [2.45, 2.75) is 13.0 Å². The second kappa shape index (κ2) is 6.77. The third-order valence-corrected chi connectivity index (χ3v) is 2.22. The summed E-state index contributed by atoms with van der Waals surface area (Å²) in [5.74, 6) is -0.270. The molecular formula is C11H15ClFNO. The van der Waals surface area contributed by atoms with Crippen LogP contribution in [0.15, 0.2) is 18.2 Å². The Balaban J connectivity index is 2.33. The Bertz CT molecular complexity index is 307. The molecule has 0 saturated heterocycles. The lowest BCUT2D eigenvalue weighted by Gasteiger charge is -2.05. The first-order chi connectivity index (χ1) is 7.24. The summed E-state index contributed by atoms with van der Waals surface area (Å²) in [6.45, 7) is 1.79. The van der Waals surface area contributed by atoms with Gasteiger partial charge in [0.25, 0.3) is 0 Å². The van der Waals surface area contributed by atoms with Crippen LogP contribution in [0, 0.1) is 5.82 Å². The number of halogens is 2. The largest absolute Gasteiger partial charge is 0.377 e. The third kappa shape index (κ3) is 4.60. The standard InChI is InChI=1S/C11H15ClFNO/c1-14-5-2-6-15-8-9-7-10(12)3-4-11(9)13/h3-4,7,14H,2,5-6,8H2,1H3. The summed E-state index contributed by atoms with van der Waals surface area (Å²) >= 11 is 5.75. The van der Waals surface area contributed by atoms with Gasteiger partial charge in [0.2, 0.25) is 0 Å². The lowest BCUT2D eigenvalue weighted by atomic mass is 10.2. The molecule has 2 nitrogen and oxygen atoms in total. The maximum Gasteiger partial charge on any atom is 0.128 e. The Hall–Kier alpha value is -0.640. The number of hydrogen-bond donors (Lipinski definition) is 1. The van der Waals surface area contributed by atoms with E-state index in [4.69, 9.17) is 16.3 Å². The molecule has 84 valence electrons. The fourth-order valence-corrected chi connectivity index (χ4v) is 1.38. The average Bonchev–Trinajstić information content (AvgIpc) is 2.23. The molecule has 1 N–H and O–H groups in total. The van der Waals surface area contributed by atoms with Gasteiger partial charge in [-0.15, -0.1) is 0 Å². The summed E-state index contributed by atoms with van der Waals surface area (Å²) in [7, 11) is 1.89. The second-order valence-electron chi connectivity index (χ2n) is 3.25. The molecule has 0 spiro atoms. The van der Waals surface area contributed by atoms with Crippen molar-refractivity contribution >= 4 is 11.6 Å². The van der Waals surface area contributed by atoms with Gasteiger partial charge in [0.15, 0.2) is 0 Å². The van der Waals surface area contributed by atoms with E-state index in [1.54, 1.807) is 6.07 Å². The number of ether oxygens (including phenoxy) is 1. The first-order valence-electron chi connectivity index (χ1n) is 4.90. The lowest BCUT2D eigenvalue weighted by Crippen LogP contribution is -2.10. The van der Waals surface area contributed by atoms with Crippen LogP contribution >= 0.6 is 11.6 Å². The van der Waals surface area contributed by atoms with Gasteiger partial charge in [0.05, 0.1) is 6.61 Å². The molecule has 4 heteroatoms. The van der Waals surface area contributed by atoms with Crippen molar-refractivity contribution in [2.24, 2.45) is 0 Å². The van der Waals surface area contributed by atoms with Gasteiger partial charge in [-0.1, -0.05) is 11.6 Å². The van der Waals surface area contributed by atoms with Crippen LogP contribution in [0.4, 0.5) is 4.39 Å². The zero-order valence-electron chi connectivity index (χ0n) is 8.72. The first kappa shape index (κ1) is 12.4. The van der Waals surface area contributed by atoms with Crippen molar-refractivity contribution in [3.63, 3.8) is 0 Å². The van der Waals surface area contributed by atoms with Crippen LogP contribution in [-0.2, 0) is 11.3 Å². The second-order valence-corrected chi connectivity index (χ2v) is 3.68. The van der Waals surface area contributed by atoms with Crippen LogP contribution in [0.3, 0.4) is 0 Å². The molecule has 0 aliphatic rings. The summed E-state index contributed by atoms with van der Waals surface area (Å²) in [4.78, 5) is 0. The van der Waals surface area contributed by atoms with Crippen molar-refractivity contribution in [1.29, 1.82) is 0 Å². The molecule has 0 bridgehead atoms. The van der Waals surface area contributed by atoms with Gasteiger partial charge in [0, 0.05) is 17.2 Å². The molecule has 0 radical (unpaired) electrons. The molecule has 0 fully saturated rings.